The van der Waals surface area contributed by atoms with Gasteiger partial charge in [-0.15, -0.1) is 0 Å². The van der Waals surface area contributed by atoms with Crippen molar-refractivity contribution < 1.29 is 9.53 Å². The van der Waals surface area contributed by atoms with E-state index in [9.17, 15) is 4.79 Å². The van der Waals surface area contributed by atoms with E-state index in [2.05, 4.69) is 38.2 Å². The maximum atomic E-state index is 11.2. The monoisotopic (exact) mass is 264 g/mol. The maximum absolute atomic E-state index is 11.2. The van der Waals surface area contributed by atoms with E-state index in [-0.39, 0.29) is 11.3 Å². The van der Waals surface area contributed by atoms with Crippen molar-refractivity contribution in [3.8, 4) is 5.75 Å². The zero-order valence-corrected chi connectivity index (χ0v) is 12.2. The summed E-state index contributed by atoms with van der Waals surface area (Å²) in [4.78, 5) is 11.2. The van der Waals surface area contributed by atoms with E-state index >= 15 is 0 Å². The molecule has 0 saturated carbocycles. The third-order valence-electron chi connectivity index (χ3n) is 2.80. The molecule has 4 heteroatoms. The first-order valence-electron chi connectivity index (χ1n) is 6.57. The van der Waals surface area contributed by atoms with Gasteiger partial charge in [0.15, 0.2) is 0 Å². The average molecular weight is 264 g/mol. The lowest BCUT2D eigenvalue weighted by Crippen LogP contribution is -2.40. The van der Waals surface area contributed by atoms with E-state index in [0.29, 0.717) is 13.2 Å². The number of hydrogen-bond acceptors (Lipinski definition) is 3. The molecule has 0 aliphatic heterocycles. The number of rotatable bonds is 5. The van der Waals surface area contributed by atoms with Crippen LogP contribution in [0.4, 0.5) is 0 Å². The lowest BCUT2D eigenvalue weighted by Gasteiger charge is -2.19. The number of amides is 1. The Kier molecular flexibility index (Phi) is 5.36. The highest BCUT2D eigenvalue weighted by atomic mass is 16.5. The van der Waals surface area contributed by atoms with Crippen molar-refractivity contribution >= 4 is 5.91 Å². The first kappa shape index (κ1) is 15.5. The minimum atomic E-state index is -0.480. The van der Waals surface area contributed by atoms with Gasteiger partial charge in [0.1, 0.15) is 12.4 Å². The van der Waals surface area contributed by atoms with Gasteiger partial charge >= 0.3 is 0 Å². The zero-order valence-electron chi connectivity index (χ0n) is 12.2. The molecule has 0 aliphatic carbocycles. The highest BCUT2D eigenvalue weighted by Gasteiger charge is 2.12. The number of benzene rings is 1. The van der Waals surface area contributed by atoms with E-state index in [1.54, 1.807) is 6.92 Å². The summed E-state index contributed by atoms with van der Waals surface area (Å²) in [5.74, 6) is 0.648. The summed E-state index contributed by atoms with van der Waals surface area (Å²) in [5.41, 5.74) is 6.85. The van der Waals surface area contributed by atoms with Crippen LogP contribution in [0.1, 0.15) is 33.3 Å². The predicted molar refractivity (Wildman–Crippen MR) is 77.3 cm³/mol. The van der Waals surface area contributed by atoms with Crippen LogP contribution in [0.15, 0.2) is 24.3 Å². The molecular formula is C15H24N2O2. The summed E-state index contributed by atoms with van der Waals surface area (Å²) >= 11 is 0. The number of hydrogen-bond donors (Lipinski definition) is 2. The summed E-state index contributed by atoms with van der Waals surface area (Å²) in [6.07, 6.45) is 0. The molecule has 1 rings (SSSR count). The van der Waals surface area contributed by atoms with Crippen molar-refractivity contribution in [1.29, 1.82) is 0 Å². The van der Waals surface area contributed by atoms with Gasteiger partial charge < -0.3 is 15.8 Å². The molecule has 1 atom stereocenters. The Morgan fingerprint density at radius 3 is 2.37 bits per heavy atom. The van der Waals surface area contributed by atoms with Crippen molar-refractivity contribution in [3.63, 3.8) is 0 Å². The third-order valence-corrected chi connectivity index (χ3v) is 2.80. The largest absolute Gasteiger partial charge is 0.492 e. The molecule has 1 unspecified atom stereocenters. The molecule has 1 aromatic rings. The SMILES string of the molecule is CC(N)C(=O)NCCOc1ccc(C(C)(C)C)cc1. The lowest BCUT2D eigenvalue weighted by atomic mass is 9.87. The molecule has 0 fully saturated rings. The highest BCUT2D eigenvalue weighted by Crippen LogP contribution is 2.24. The molecule has 0 heterocycles. The fourth-order valence-electron chi connectivity index (χ4n) is 1.56. The van der Waals surface area contributed by atoms with Crippen molar-refractivity contribution in [2.45, 2.75) is 39.2 Å². The van der Waals surface area contributed by atoms with Gasteiger partial charge in [0, 0.05) is 0 Å². The maximum Gasteiger partial charge on any atom is 0.236 e. The quantitative estimate of drug-likeness (QED) is 0.797. The van der Waals surface area contributed by atoms with Crippen LogP contribution in [-0.2, 0) is 10.2 Å². The van der Waals surface area contributed by atoms with Gasteiger partial charge in [-0.1, -0.05) is 32.9 Å². The molecule has 0 aromatic heterocycles. The second-order valence-corrected chi connectivity index (χ2v) is 5.70. The summed E-state index contributed by atoms with van der Waals surface area (Å²) in [6.45, 7) is 9.07. The smallest absolute Gasteiger partial charge is 0.236 e. The van der Waals surface area contributed by atoms with E-state index in [1.165, 1.54) is 5.56 Å². The predicted octanol–water partition coefficient (Wildman–Crippen LogP) is 1.83. The molecule has 19 heavy (non-hydrogen) atoms. The molecule has 0 saturated heterocycles. The van der Waals surface area contributed by atoms with Crippen LogP contribution in [0.25, 0.3) is 0 Å². The Morgan fingerprint density at radius 2 is 1.89 bits per heavy atom. The van der Waals surface area contributed by atoms with Gasteiger partial charge in [-0.05, 0) is 30.0 Å². The summed E-state index contributed by atoms with van der Waals surface area (Å²) in [6, 6.07) is 7.55. The van der Waals surface area contributed by atoms with E-state index in [0.717, 1.165) is 5.75 Å². The Morgan fingerprint density at radius 1 is 1.32 bits per heavy atom. The van der Waals surface area contributed by atoms with Gasteiger partial charge in [-0.2, -0.15) is 0 Å². The summed E-state index contributed by atoms with van der Waals surface area (Å²) in [7, 11) is 0. The van der Waals surface area contributed by atoms with Crippen LogP contribution in [0.5, 0.6) is 5.75 Å². The lowest BCUT2D eigenvalue weighted by molar-refractivity contribution is -0.122. The molecule has 0 radical (unpaired) electrons. The van der Waals surface area contributed by atoms with Gasteiger partial charge in [-0.3, -0.25) is 4.79 Å². The van der Waals surface area contributed by atoms with Crippen molar-refractivity contribution in [1.82, 2.24) is 5.32 Å². The van der Waals surface area contributed by atoms with Gasteiger partial charge in [0.05, 0.1) is 12.6 Å². The number of nitrogens with one attached hydrogen (secondary N) is 1. The minimum Gasteiger partial charge on any atom is -0.492 e. The number of nitrogens with two attached hydrogens (primary N) is 1. The van der Waals surface area contributed by atoms with Crippen LogP contribution in [0.3, 0.4) is 0 Å². The van der Waals surface area contributed by atoms with Gasteiger partial charge in [0.2, 0.25) is 5.91 Å². The molecular weight excluding hydrogens is 240 g/mol. The fourth-order valence-corrected chi connectivity index (χ4v) is 1.56. The van der Waals surface area contributed by atoms with Crippen LogP contribution >= 0.6 is 0 Å². The molecule has 3 N–H and O–H groups in total. The molecule has 4 nitrogen and oxygen atoms in total. The third kappa shape index (κ3) is 5.30. The summed E-state index contributed by atoms with van der Waals surface area (Å²) in [5, 5.41) is 2.70. The normalized spacial score (nSPS) is 12.9. The van der Waals surface area contributed by atoms with Gasteiger partial charge in [-0.25, -0.2) is 0 Å². The second kappa shape index (κ2) is 6.57. The topological polar surface area (TPSA) is 64.4 Å². The highest BCUT2D eigenvalue weighted by molar-refractivity contribution is 5.80. The molecule has 1 aromatic carbocycles. The Hall–Kier alpha value is -1.55. The number of carbonyl (C=O) groups excluding carboxylic acids is 1. The van der Waals surface area contributed by atoms with Crippen molar-refractivity contribution in [2.75, 3.05) is 13.2 Å². The first-order valence-corrected chi connectivity index (χ1v) is 6.57. The Labute approximate surface area is 115 Å². The van der Waals surface area contributed by atoms with Crippen LogP contribution in [-0.4, -0.2) is 25.1 Å². The van der Waals surface area contributed by atoms with Gasteiger partial charge in [0.25, 0.3) is 0 Å². The van der Waals surface area contributed by atoms with Crippen LogP contribution in [0, 0.1) is 0 Å². The zero-order chi connectivity index (χ0) is 14.5. The van der Waals surface area contributed by atoms with E-state index in [1.807, 2.05) is 12.1 Å². The number of ether oxygens (including phenoxy) is 1. The van der Waals surface area contributed by atoms with Crippen molar-refractivity contribution in [3.05, 3.63) is 29.8 Å². The Bertz CT molecular complexity index is 405. The summed E-state index contributed by atoms with van der Waals surface area (Å²) < 4.78 is 5.55. The second-order valence-electron chi connectivity index (χ2n) is 5.70. The van der Waals surface area contributed by atoms with Crippen LogP contribution < -0.4 is 15.8 Å². The molecule has 106 valence electrons. The minimum absolute atomic E-state index is 0.143. The van der Waals surface area contributed by atoms with E-state index in [4.69, 9.17) is 10.5 Å². The van der Waals surface area contributed by atoms with Crippen LogP contribution in [0.2, 0.25) is 0 Å². The molecule has 1 amide bonds. The Balaban J connectivity index is 2.37. The number of carbonyl (C=O) groups is 1. The molecule has 0 aliphatic rings. The molecule has 0 bridgehead atoms. The fraction of sp³-hybridized carbons (Fsp3) is 0.533. The van der Waals surface area contributed by atoms with E-state index < -0.39 is 6.04 Å². The average Bonchev–Trinajstić information content (AvgIpc) is 2.33. The first-order chi connectivity index (χ1) is 8.80. The molecule has 0 spiro atoms. The standard InChI is InChI=1S/C15H24N2O2/c1-11(16)14(18)17-9-10-19-13-7-5-12(6-8-13)15(2,3)4/h5-8,11H,9-10,16H2,1-4H3,(H,17,18). The van der Waals surface area contributed by atoms with Crippen molar-refractivity contribution in [2.24, 2.45) is 5.73 Å².